The predicted molar refractivity (Wildman–Crippen MR) is 134 cm³/mol. The molecule has 0 aliphatic heterocycles. The third-order valence-corrected chi connectivity index (χ3v) is 7.59. The van der Waals surface area contributed by atoms with Gasteiger partial charge in [0.15, 0.2) is 0 Å². The third-order valence-electron chi connectivity index (χ3n) is 5.99. The fourth-order valence-electron chi connectivity index (χ4n) is 3.98. The minimum Gasteiger partial charge on any atom is -0.326 e. The molecule has 7 nitrogen and oxygen atoms in total. The van der Waals surface area contributed by atoms with E-state index in [-0.39, 0.29) is 28.2 Å². The van der Waals surface area contributed by atoms with Gasteiger partial charge in [-0.2, -0.15) is 0 Å². The molecule has 1 heterocycles. The number of hydrogen-bond acceptors (Lipinski definition) is 5. The Labute approximate surface area is 207 Å². The number of aromatic nitrogens is 1. The van der Waals surface area contributed by atoms with E-state index in [9.17, 15) is 18.0 Å². The second-order valence-electron chi connectivity index (χ2n) is 8.39. The number of amides is 2. The number of pyridine rings is 1. The second kappa shape index (κ2) is 9.13. The molecule has 0 spiro atoms. The Morgan fingerprint density at radius 1 is 0.914 bits per heavy atom. The number of nitrogens with one attached hydrogen (secondary N) is 2. The standard InChI is InChI=1S/C26H20ClN3O4S/c27-20-6-9-22(10-7-20)35(33,34)30-25(31)17-3-1-16(2-4-17)23-14-24(23)26(32)29-21-8-5-19-15-28-12-11-18(19)13-21/h1-13,15,23-24H,14H2,(H,29,32)(H,30,31)/t23-,24+/m0/s1. The molecule has 0 unspecified atom stereocenters. The Balaban J connectivity index is 1.21. The van der Waals surface area contributed by atoms with E-state index in [4.69, 9.17) is 11.6 Å². The summed E-state index contributed by atoms with van der Waals surface area (Å²) in [5, 5.41) is 5.36. The van der Waals surface area contributed by atoms with Gasteiger partial charge in [0.1, 0.15) is 0 Å². The number of rotatable bonds is 6. The van der Waals surface area contributed by atoms with Crippen LogP contribution < -0.4 is 10.0 Å². The second-order valence-corrected chi connectivity index (χ2v) is 10.5. The van der Waals surface area contributed by atoms with E-state index in [1.807, 2.05) is 24.3 Å². The Morgan fingerprint density at radius 2 is 1.66 bits per heavy atom. The van der Waals surface area contributed by atoms with Gasteiger partial charge in [0.25, 0.3) is 15.9 Å². The van der Waals surface area contributed by atoms with Gasteiger partial charge >= 0.3 is 0 Å². The number of carbonyl (C=O) groups excluding carboxylic acids is 2. The van der Waals surface area contributed by atoms with Crippen LogP contribution in [-0.4, -0.2) is 25.2 Å². The molecule has 3 aromatic carbocycles. The zero-order valence-corrected chi connectivity index (χ0v) is 19.9. The van der Waals surface area contributed by atoms with Gasteiger partial charge in [0.2, 0.25) is 5.91 Å². The SMILES string of the molecule is O=C(NS(=O)(=O)c1ccc(Cl)cc1)c1ccc([C@@H]2C[C@H]2C(=O)Nc2ccc3cnccc3c2)cc1. The summed E-state index contributed by atoms with van der Waals surface area (Å²) in [5.41, 5.74) is 1.86. The van der Waals surface area contributed by atoms with Crippen molar-refractivity contribution < 1.29 is 18.0 Å². The smallest absolute Gasteiger partial charge is 0.264 e. The van der Waals surface area contributed by atoms with E-state index in [0.29, 0.717) is 11.4 Å². The highest BCUT2D eigenvalue weighted by Gasteiger charge is 2.44. The molecule has 0 bridgehead atoms. The Kier molecular flexibility index (Phi) is 6.00. The average molecular weight is 506 g/mol. The van der Waals surface area contributed by atoms with Crippen molar-refractivity contribution in [2.75, 3.05) is 5.32 Å². The molecule has 1 aliphatic carbocycles. The molecule has 1 saturated carbocycles. The van der Waals surface area contributed by atoms with Crippen molar-refractivity contribution in [2.24, 2.45) is 5.92 Å². The Bertz CT molecular complexity index is 1540. The molecule has 0 radical (unpaired) electrons. The van der Waals surface area contributed by atoms with Crippen LogP contribution in [0, 0.1) is 5.92 Å². The number of halogens is 1. The van der Waals surface area contributed by atoms with Gasteiger partial charge < -0.3 is 5.32 Å². The van der Waals surface area contributed by atoms with Gasteiger partial charge in [-0.25, -0.2) is 13.1 Å². The Morgan fingerprint density at radius 3 is 2.40 bits per heavy atom. The summed E-state index contributed by atoms with van der Waals surface area (Å²) in [6.45, 7) is 0. The lowest BCUT2D eigenvalue weighted by atomic mass is 10.1. The number of fused-ring (bicyclic) bond motifs is 1. The van der Waals surface area contributed by atoms with Crippen LogP contribution >= 0.6 is 11.6 Å². The van der Waals surface area contributed by atoms with Crippen LogP contribution in [0.3, 0.4) is 0 Å². The first-order valence-corrected chi connectivity index (χ1v) is 12.7. The number of benzene rings is 3. The molecule has 1 aliphatic rings. The molecule has 35 heavy (non-hydrogen) atoms. The molecule has 2 atom stereocenters. The minimum atomic E-state index is -4.02. The van der Waals surface area contributed by atoms with Gasteiger partial charge in [0.05, 0.1) is 4.90 Å². The highest BCUT2D eigenvalue weighted by molar-refractivity contribution is 7.90. The molecule has 176 valence electrons. The zero-order valence-electron chi connectivity index (χ0n) is 18.3. The summed E-state index contributed by atoms with van der Waals surface area (Å²) in [6.07, 6.45) is 4.19. The van der Waals surface area contributed by atoms with Crippen molar-refractivity contribution in [2.45, 2.75) is 17.2 Å². The lowest BCUT2D eigenvalue weighted by Crippen LogP contribution is -2.30. The van der Waals surface area contributed by atoms with Gasteiger partial charge in [-0.05, 0) is 77.9 Å². The topological polar surface area (TPSA) is 105 Å². The largest absolute Gasteiger partial charge is 0.326 e. The molecular formula is C26H20ClN3O4S. The van der Waals surface area contributed by atoms with Crippen LogP contribution in [0.5, 0.6) is 0 Å². The first-order valence-electron chi connectivity index (χ1n) is 10.9. The molecule has 5 rings (SSSR count). The number of nitrogens with zero attached hydrogens (tertiary/aromatic N) is 1. The van der Waals surface area contributed by atoms with E-state index in [1.165, 1.54) is 24.3 Å². The van der Waals surface area contributed by atoms with Crippen LogP contribution in [-0.2, 0) is 14.8 Å². The van der Waals surface area contributed by atoms with Crippen LogP contribution in [0.4, 0.5) is 5.69 Å². The number of anilines is 1. The van der Waals surface area contributed by atoms with E-state index >= 15 is 0 Å². The molecule has 1 aromatic heterocycles. The number of hydrogen-bond donors (Lipinski definition) is 2. The first kappa shape index (κ1) is 23.0. The van der Waals surface area contributed by atoms with Crippen LogP contribution in [0.2, 0.25) is 5.02 Å². The molecule has 2 N–H and O–H groups in total. The summed E-state index contributed by atoms with van der Waals surface area (Å²) in [5.74, 6) is -0.898. The maximum atomic E-state index is 12.7. The number of carbonyl (C=O) groups is 2. The summed E-state index contributed by atoms with van der Waals surface area (Å²) in [4.78, 5) is 29.2. The number of sulfonamides is 1. The first-order chi connectivity index (χ1) is 16.8. The lowest BCUT2D eigenvalue weighted by molar-refractivity contribution is -0.117. The predicted octanol–water partition coefficient (Wildman–Crippen LogP) is 4.75. The Hall–Kier alpha value is -3.75. The van der Waals surface area contributed by atoms with Crippen molar-refractivity contribution in [3.8, 4) is 0 Å². The van der Waals surface area contributed by atoms with Crippen molar-refractivity contribution in [1.29, 1.82) is 0 Å². The zero-order chi connectivity index (χ0) is 24.6. The fraction of sp³-hybridized carbons (Fsp3) is 0.115. The quantitative estimate of drug-likeness (QED) is 0.393. The van der Waals surface area contributed by atoms with Gasteiger partial charge in [-0.1, -0.05) is 29.8 Å². The molecule has 2 amide bonds. The maximum absolute atomic E-state index is 12.7. The van der Waals surface area contributed by atoms with Crippen molar-refractivity contribution >= 4 is 49.9 Å². The normalized spacial score (nSPS) is 17.1. The molecule has 0 saturated heterocycles. The monoisotopic (exact) mass is 505 g/mol. The molecule has 4 aromatic rings. The summed E-state index contributed by atoms with van der Waals surface area (Å²) in [7, 11) is -4.02. The minimum absolute atomic E-state index is 0.0505. The van der Waals surface area contributed by atoms with Gasteiger partial charge in [-0.15, -0.1) is 0 Å². The average Bonchev–Trinajstić information content (AvgIpc) is 3.65. The lowest BCUT2D eigenvalue weighted by Gasteiger charge is -2.08. The van der Waals surface area contributed by atoms with Crippen LogP contribution in [0.15, 0.2) is 90.1 Å². The highest BCUT2D eigenvalue weighted by Crippen LogP contribution is 2.48. The van der Waals surface area contributed by atoms with E-state index in [1.54, 1.807) is 36.7 Å². The highest BCUT2D eigenvalue weighted by atomic mass is 35.5. The molecule has 9 heteroatoms. The summed E-state index contributed by atoms with van der Waals surface area (Å²) >= 11 is 5.79. The molecular weight excluding hydrogens is 486 g/mol. The van der Waals surface area contributed by atoms with Crippen molar-refractivity contribution in [3.05, 3.63) is 101 Å². The summed E-state index contributed by atoms with van der Waals surface area (Å²) < 4.78 is 26.9. The maximum Gasteiger partial charge on any atom is 0.264 e. The fourth-order valence-corrected chi connectivity index (χ4v) is 5.08. The van der Waals surface area contributed by atoms with Crippen molar-refractivity contribution in [1.82, 2.24) is 9.71 Å². The van der Waals surface area contributed by atoms with E-state index < -0.39 is 15.9 Å². The van der Waals surface area contributed by atoms with Gasteiger partial charge in [0, 0.05) is 40.0 Å². The van der Waals surface area contributed by atoms with E-state index in [2.05, 4.69) is 15.0 Å². The van der Waals surface area contributed by atoms with E-state index in [0.717, 1.165) is 22.0 Å². The van der Waals surface area contributed by atoms with Crippen molar-refractivity contribution in [3.63, 3.8) is 0 Å². The summed E-state index contributed by atoms with van der Waals surface area (Å²) in [6, 6.07) is 19.7. The van der Waals surface area contributed by atoms with Gasteiger partial charge in [-0.3, -0.25) is 14.6 Å². The van der Waals surface area contributed by atoms with Crippen LogP contribution in [0.1, 0.15) is 28.3 Å². The molecule has 1 fully saturated rings. The van der Waals surface area contributed by atoms with Crippen LogP contribution in [0.25, 0.3) is 10.8 Å². The third kappa shape index (κ3) is 5.03.